The van der Waals surface area contributed by atoms with E-state index >= 15 is 0 Å². The second-order valence-corrected chi connectivity index (χ2v) is 5.86. The fraction of sp³-hybridized carbons (Fsp3) is 0.400. The standard InChI is InChI=1S/C15H21N3S/c1-13(10-17-11-15-4-3-9-19-15)18(2)12-14-5-7-16-8-6-14/h3-9,13,17H,10-12H2,1-2H3. The van der Waals surface area contributed by atoms with Crippen LogP contribution in [0.15, 0.2) is 42.0 Å². The molecule has 1 N–H and O–H groups in total. The molecule has 19 heavy (non-hydrogen) atoms. The minimum Gasteiger partial charge on any atom is -0.310 e. The zero-order chi connectivity index (χ0) is 13.5. The summed E-state index contributed by atoms with van der Waals surface area (Å²) in [6.07, 6.45) is 3.70. The van der Waals surface area contributed by atoms with Crippen LogP contribution in [0.4, 0.5) is 0 Å². The average Bonchev–Trinajstić information content (AvgIpc) is 2.93. The minimum atomic E-state index is 0.508. The number of hydrogen-bond donors (Lipinski definition) is 1. The van der Waals surface area contributed by atoms with Gasteiger partial charge in [0.05, 0.1) is 0 Å². The lowest BCUT2D eigenvalue weighted by atomic mass is 10.2. The minimum absolute atomic E-state index is 0.508. The average molecular weight is 275 g/mol. The van der Waals surface area contributed by atoms with Gasteiger partial charge in [0.2, 0.25) is 0 Å². The summed E-state index contributed by atoms with van der Waals surface area (Å²) in [6.45, 7) is 5.18. The summed E-state index contributed by atoms with van der Waals surface area (Å²) in [5.74, 6) is 0. The zero-order valence-corrected chi connectivity index (χ0v) is 12.4. The van der Waals surface area contributed by atoms with Crippen molar-refractivity contribution < 1.29 is 0 Å². The van der Waals surface area contributed by atoms with Crippen molar-refractivity contribution in [1.82, 2.24) is 15.2 Å². The molecule has 0 aliphatic carbocycles. The SMILES string of the molecule is CC(CNCc1cccs1)N(C)Cc1ccncc1. The van der Waals surface area contributed by atoms with Crippen LogP contribution in [-0.2, 0) is 13.1 Å². The highest BCUT2D eigenvalue weighted by atomic mass is 32.1. The highest BCUT2D eigenvalue weighted by Gasteiger charge is 2.09. The van der Waals surface area contributed by atoms with Gasteiger partial charge in [0.1, 0.15) is 0 Å². The molecular weight excluding hydrogens is 254 g/mol. The maximum absolute atomic E-state index is 4.05. The maximum atomic E-state index is 4.05. The number of pyridine rings is 1. The lowest BCUT2D eigenvalue weighted by molar-refractivity contribution is 0.242. The number of nitrogens with zero attached hydrogens (tertiary/aromatic N) is 2. The molecule has 1 unspecified atom stereocenters. The number of likely N-dealkylation sites (N-methyl/N-ethyl adjacent to an activating group) is 1. The van der Waals surface area contributed by atoms with E-state index in [-0.39, 0.29) is 0 Å². The molecule has 1 atom stereocenters. The molecule has 4 heteroatoms. The topological polar surface area (TPSA) is 28.2 Å². The molecule has 2 aromatic heterocycles. The molecule has 2 heterocycles. The Balaban J connectivity index is 1.71. The highest BCUT2D eigenvalue weighted by molar-refractivity contribution is 7.09. The number of rotatable bonds is 7. The lowest BCUT2D eigenvalue weighted by Crippen LogP contribution is -2.37. The molecule has 3 nitrogen and oxygen atoms in total. The van der Waals surface area contributed by atoms with E-state index in [1.165, 1.54) is 10.4 Å². The van der Waals surface area contributed by atoms with Crippen molar-refractivity contribution in [2.45, 2.75) is 26.1 Å². The number of aromatic nitrogens is 1. The van der Waals surface area contributed by atoms with E-state index < -0.39 is 0 Å². The van der Waals surface area contributed by atoms with Crippen LogP contribution in [0, 0.1) is 0 Å². The summed E-state index contributed by atoms with van der Waals surface area (Å²) in [5, 5.41) is 5.63. The molecule has 0 amide bonds. The first kappa shape index (κ1) is 14.2. The van der Waals surface area contributed by atoms with E-state index in [4.69, 9.17) is 0 Å². The molecule has 102 valence electrons. The Labute approximate surface area is 119 Å². The maximum Gasteiger partial charge on any atom is 0.0300 e. The van der Waals surface area contributed by atoms with Crippen LogP contribution in [0.2, 0.25) is 0 Å². The lowest BCUT2D eigenvalue weighted by Gasteiger charge is -2.25. The van der Waals surface area contributed by atoms with Crippen LogP contribution in [0.1, 0.15) is 17.4 Å². The van der Waals surface area contributed by atoms with Crippen molar-refractivity contribution in [2.24, 2.45) is 0 Å². The van der Waals surface area contributed by atoms with Crippen molar-refractivity contribution in [1.29, 1.82) is 0 Å². The third-order valence-electron chi connectivity index (χ3n) is 3.25. The second kappa shape index (κ2) is 7.38. The van der Waals surface area contributed by atoms with E-state index in [0.717, 1.165) is 19.6 Å². The summed E-state index contributed by atoms with van der Waals surface area (Å²) in [6, 6.07) is 8.92. The fourth-order valence-corrected chi connectivity index (χ4v) is 2.58. The molecule has 0 radical (unpaired) electrons. The molecular formula is C15H21N3S. The summed E-state index contributed by atoms with van der Waals surface area (Å²) in [4.78, 5) is 7.80. The summed E-state index contributed by atoms with van der Waals surface area (Å²) in [7, 11) is 2.16. The van der Waals surface area contributed by atoms with Crippen molar-refractivity contribution in [3.05, 3.63) is 52.5 Å². The Morgan fingerprint density at radius 1 is 1.32 bits per heavy atom. The summed E-state index contributed by atoms with van der Waals surface area (Å²) < 4.78 is 0. The number of nitrogens with one attached hydrogen (secondary N) is 1. The third kappa shape index (κ3) is 4.74. The molecule has 2 rings (SSSR count). The molecule has 2 aromatic rings. The van der Waals surface area contributed by atoms with Crippen molar-refractivity contribution >= 4 is 11.3 Å². The quantitative estimate of drug-likeness (QED) is 0.842. The Bertz CT molecular complexity index is 456. The van der Waals surface area contributed by atoms with Crippen LogP contribution in [-0.4, -0.2) is 29.5 Å². The molecule has 0 spiro atoms. The fourth-order valence-electron chi connectivity index (χ4n) is 1.91. The van der Waals surface area contributed by atoms with Crippen LogP contribution in [0.25, 0.3) is 0 Å². The van der Waals surface area contributed by atoms with Gasteiger partial charge in [-0.1, -0.05) is 6.07 Å². The third-order valence-corrected chi connectivity index (χ3v) is 4.13. The largest absolute Gasteiger partial charge is 0.310 e. The number of hydrogen-bond acceptors (Lipinski definition) is 4. The zero-order valence-electron chi connectivity index (χ0n) is 11.5. The van der Waals surface area contributed by atoms with Crippen molar-refractivity contribution in [3.8, 4) is 0 Å². The molecule has 0 saturated carbocycles. The molecule has 0 aromatic carbocycles. The van der Waals surface area contributed by atoms with Crippen molar-refractivity contribution in [2.75, 3.05) is 13.6 Å². The van der Waals surface area contributed by atoms with Crippen LogP contribution in [0.3, 0.4) is 0 Å². The predicted molar refractivity (Wildman–Crippen MR) is 81.2 cm³/mol. The Morgan fingerprint density at radius 2 is 2.11 bits per heavy atom. The molecule has 0 fully saturated rings. The molecule has 0 bridgehead atoms. The van der Waals surface area contributed by atoms with Gasteiger partial charge in [0.25, 0.3) is 0 Å². The Hall–Kier alpha value is -1.23. The highest BCUT2D eigenvalue weighted by Crippen LogP contribution is 2.08. The van der Waals surface area contributed by atoms with Crippen LogP contribution >= 0.6 is 11.3 Å². The van der Waals surface area contributed by atoms with Gasteiger partial charge in [0, 0.05) is 42.9 Å². The van der Waals surface area contributed by atoms with Gasteiger partial charge in [-0.15, -0.1) is 11.3 Å². The Kier molecular flexibility index (Phi) is 5.51. The first-order valence-corrected chi connectivity index (χ1v) is 7.46. The molecule has 0 aliphatic heterocycles. The monoisotopic (exact) mass is 275 g/mol. The van der Waals surface area contributed by atoms with Crippen molar-refractivity contribution in [3.63, 3.8) is 0 Å². The van der Waals surface area contributed by atoms with Gasteiger partial charge < -0.3 is 5.32 Å². The van der Waals surface area contributed by atoms with Crippen LogP contribution < -0.4 is 5.32 Å². The normalized spacial score (nSPS) is 12.8. The molecule has 0 aliphatic rings. The number of thiophene rings is 1. The van der Waals surface area contributed by atoms with E-state index in [0.29, 0.717) is 6.04 Å². The van der Waals surface area contributed by atoms with E-state index in [1.54, 1.807) is 11.3 Å². The van der Waals surface area contributed by atoms with Gasteiger partial charge in [-0.25, -0.2) is 0 Å². The van der Waals surface area contributed by atoms with Crippen LogP contribution in [0.5, 0.6) is 0 Å². The molecule has 0 saturated heterocycles. The van der Waals surface area contributed by atoms with Gasteiger partial charge in [-0.05, 0) is 43.1 Å². The van der Waals surface area contributed by atoms with E-state index in [2.05, 4.69) is 58.8 Å². The van der Waals surface area contributed by atoms with Gasteiger partial charge in [-0.3, -0.25) is 9.88 Å². The smallest absolute Gasteiger partial charge is 0.0300 e. The van der Waals surface area contributed by atoms with Gasteiger partial charge in [-0.2, -0.15) is 0 Å². The van der Waals surface area contributed by atoms with Gasteiger partial charge >= 0.3 is 0 Å². The first-order valence-electron chi connectivity index (χ1n) is 6.58. The van der Waals surface area contributed by atoms with E-state index in [1.807, 2.05) is 12.4 Å². The second-order valence-electron chi connectivity index (χ2n) is 4.83. The van der Waals surface area contributed by atoms with E-state index in [9.17, 15) is 0 Å². The summed E-state index contributed by atoms with van der Waals surface area (Å²) >= 11 is 1.80. The predicted octanol–water partition coefficient (Wildman–Crippen LogP) is 2.75. The first-order chi connectivity index (χ1) is 9.25. The Morgan fingerprint density at radius 3 is 2.79 bits per heavy atom. The summed E-state index contributed by atoms with van der Waals surface area (Å²) in [5.41, 5.74) is 1.31. The van der Waals surface area contributed by atoms with Gasteiger partial charge in [0.15, 0.2) is 0 Å².